The van der Waals surface area contributed by atoms with Gasteiger partial charge < -0.3 is 5.11 Å². The van der Waals surface area contributed by atoms with Crippen molar-refractivity contribution in [2.24, 2.45) is 0 Å². The van der Waals surface area contributed by atoms with Crippen molar-refractivity contribution in [3.8, 4) is 5.75 Å². The zero-order chi connectivity index (χ0) is 8.97. The maximum atomic E-state index is 10.3. The number of phenols is 1. The average Bonchev–Trinajstić information content (AvgIpc) is 2.04. The van der Waals surface area contributed by atoms with Crippen molar-refractivity contribution < 1.29 is 9.90 Å². The molecule has 0 aromatic heterocycles. The number of aromatic hydroxyl groups is 1. The Morgan fingerprint density at radius 1 is 1.50 bits per heavy atom. The minimum absolute atomic E-state index is 0.211. The van der Waals surface area contributed by atoms with Gasteiger partial charge in [-0.15, -0.1) is 0 Å². The molecule has 1 N–H and O–H groups in total. The summed E-state index contributed by atoms with van der Waals surface area (Å²) in [6.07, 6.45) is 2.50. The summed E-state index contributed by atoms with van der Waals surface area (Å²) in [5, 5.41) is 9.08. The Bertz CT molecular complexity index is 313. The molecular weight excluding hydrogens is 152 g/mol. The Kier molecular flexibility index (Phi) is 2.64. The lowest BCUT2D eigenvalue weighted by Gasteiger charge is -1.94. The number of hydrogen-bond donors (Lipinski definition) is 1. The number of phenolic OH excluding ortho intramolecular Hbond substituents is 1. The van der Waals surface area contributed by atoms with E-state index in [4.69, 9.17) is 5.11 Å². The Morgan fingerprint density at radius 3 is 2.83 bits per heavy atom. The van der Waals surface area contributed by atoms with Crippen LogP contribution in [0.15, 0.2) is 29.8 Å². The predicted octanol–water partition coefficient (Wildman–Crippen LogP) is 1.99. The molecule has 0 bridgehead atoms. The topological polar surface area (TPSA) is 37.3 Å². The molecule has 1 aromatic rings. The van der Waals surface area contributed by atoms with Crippen LogP contribution in [0, 0.1) is 0 Å². The lowest BCUT2D eigenvalue weighted by molar-refractivity contribution is -0.104. The van der Waals surface area contributed by atoms with Crippen LogP contribution in [0.4, 0.5) is 0 Å². The molecule has 62 valence electrons. The van der Waals surface area contributed by atoms with Gasteiger partial charge in [-0.1, -0.05) is 12.1 Å². The number of carbonyl (C=O) groups excluding carboxylic acids is 1. The third-order valence-corrected chi connectivity index (χ3v) is 1.45. The van der Waals surface area contributed by atoms with E-state index in [9.17, 15) is 4.79 Å². The fourth-order valence-electron chi connectivity index (χ4n) is 0.911. The van der Waals surface area contributed by atoms with Gasteiger partial charge in [0.25, 0.3) is 0 Å². The molecule has 0 saturated heterocycles. The SMILES string of the molecule is C/C(C=O)=C/c1cccc(O)c1. The van der Waals surface area contributed by atoms with Crippen molar-refractivity contribution in [2.75, 3.05) is 0 Å². The van der Waals surface area contributed by atoms with Crippen LogP contribution in [0.1, 0.15) is 12.5 Å². The van der Waals surface area contributed by atoms with Crippen LogP contribution in [0.5, 0.6) is 5.75 Å². The molecule has 0 fully saturated rings. The van der Waals surface area contributed by atoms with Crippen LogP contribution in [-0.4, -0.2) is 11.4 Å². The molecule has 0 aliphatic heterocycles. The van der Waals surface area contributed by atoms with E-state index in [2.05, 4.69) is 0 Å². The molecular formula is C10H10O2. The summed E-state index contributed by atoms with van der Waals surface area (Å²) in [5.74, 6) is 0.211. The highest BCUT2D eigenvalue weighted by molar-refractivity contribution is 5.80. The minimum atomic E-state index is 0.211. The summed E-state index contributed by atoms with van der Waals surface area (Å²) in [7, 11) is 0. The molecule has 0 unspecified atom stereocenters. The van der Waals surface area contributed by atoms with Gasteiger partial charge in [0.1, 0.15) is 12.0 Å². The molecule has 2 heteroatoms. The smallest absolute Gasteiger partial charge is 0.145 e. The maximum Gasteiger partial charge on any atom is 0.145 e. The van der Waals surface area contributed by atoms with Crippen molar-refractivity contribution >= 4 is 12.4 Å². The first-order valence-electron chi connectivity index (χ1n) is 3.65. The van der Waals surface area contributed by atoms with Gasteiger partial charge in [-0.05, 0) is 36.3 Å². The molecule has 0 radical (unpaired) electrons. The quantitative estimate of drug-likeness (QED) is 0.533. The van der Waals surface area contributed by atoms with Crippen LogP contribution in [0.3, 0.4) is 0 Å². The number of carbonyl (C=O) groups is 1. The van der Waals surface area contributed by atoms with Gasteiger partial charge >= 0.3 is 0 Å². The van der Waals surface area contributed by atoms with Crippen molar-refractivity contribution in [3.63, 3.8) is 0 Å². The largest absolute Gasteiger partial charge is 0.508 e. The molecule has 12 heavy (non-hydrogen) atoms. The third kappa shape index (κ3) is 2.23. The van der Waals surface area contributed by atoms with Gasteiger partial charge in [-0.25, -0.2) is 0 Å². The van der Waals surface area contributed by atoms with E-state index in [-0.39, 0.29) is 5.75 Å². The van der Waals surface area contributed by atoms with Gasteiger partial charge in [0.05, 0.1) is 0 Å². The average molecular weight is 162 g/mol. The summed E-state index contributed by atoms with van der Waals surface area (Å²) >= 11 is 0. The number of hydrogen-bond acceptors (Lipinski definition) is 2. The minimum Gasteiger partial charge on any atom is -0.508 e. The first-order valence-corrected chi connectivity index (χ1v) is 3.65. The predicted molar refractivity (Wildman–Crippen MR) is 47.8 cm³/mol. The summed E-state index contributed by atoms with van der Waals surface area (Å²) in [6, 6.07) is 6.76. The van der Waals surface area contributed by atoms with Crippen LogP contribution < -0.4 is 0 Å². The Balaban J connectivity index is 2.97. The van der Waals surface area contributed by atoms with E-state index in [0.717, 1.165) is 11.8 Å². The van der Waals surface area contributed by atoms with Gasteiger partial charge in [0.15, 0.2) is 0 Å². The van der Waals surface area contributed by atoms with Crippen molar-refractivity contribution in [1.82, 2.24) is 0 Å². The van der Waals surface area contributed by atoms with Gasteiger partial charge in [-0.3, -0.25) is 4.79 Å². The van der Waals surface area contributed by atoms with E-state index in [1.54, 1.807) is 31.2 Å². The molecule has 0 aliphatic rings. The fraction of sp³-hybridized carbons (Fsp3) is 0.100. The number of aldehydes is 1. The molecule has 0 heterocycles. The molecule has 0 saturated carbocycles. The molecule has 0 atom stereocenters. The zero-order valence-electron chi connectivity index (χ0n) is 6.82. The summed E-state index contributed by atoms with van der Waals surface area (Å²) < 4.78 is 0. The third-order valence-electron chi connectivity index (χ3n) is 1.45. The number of benzene rings is 1. The van der Waals surface area contributed by atoms with Crippen LogP contribution >= 0.6 is 0 Å². The van der Waals surface area contributed by atoms with Gasteiger partial charge in [-0.2, -0.15) is 0 Å². The standard InChI is InChI=1S/C10H10O2/c1-8(7-11)5-9-3-2-4-10(12)6-9/h2-7,12H,1H3/b8-5-. The van der Waals surface area contributed by atoms with E-state index in [1.165, 1.54) is 0 Å². The maximum absolute atomic E-state index is 10.3. The van der Waals surface area contributed by atoms with Crippen LogP contribution in [0.2, 0.25) is 0 Å². The van der Waals surface area contributed by atoms with E-state index >= 15 is 0 Å². The normalized spacial score (nSPS) is 11.2. The highest BCUT2D eigenvalue weighted by Gasteiger charge is 1.90. The highest BCUT2D eigenvalue weighted by Crippen LogP contribution is 2.13. The second-order valence-electron chi connectivity index (χ2n) is 2.60. The van der Waals surface area contributed by atoms with Crippen molar-refractivity contribution in [3.05, 3.63) is 35.4 Å². The summed E-state index contributed by atoms with van der Waals surface area (Å²) in [6.45, 7) is 1.72. The lowest BCUT2D eigenvalue weighted by Crippen LogP contribution is -1.77. The number of allylic oxidation sites excluding steroid dienone is 1. The molecule has 1 aromatic carbocycles. The Labute approximate surface area is 71.2 Å². The summed E-state index contributed by atoms with van der Waals surface area (Å²) in [4.78, 5) is 10.3. The molecule has 0 spiro atoms. The van der Waals surface area contributed by atoms with Crippen LogP contribution in [0.25, 0.3) is 6.08 Å². The second kappa shape index (κ2) is 3.72. The van der Waals surface area contributed by atoms with Gasteiger partial charge in [0.2, 0.25) is 0 Å². The van der Waals surface area contributed by atoms with E-state index < -0.39 is 0 Å². The lowest BCUT2D eigenvalue weighted by atomic mass is 10.1. The zero-order valence-corrected chi connectivity index (χ0v) is 6.82. The fourth-order valence-corrected chi connectivity index (χ4v) is 0.911. The van der Waals surface area contributed by atoms with Crippen molar-refractivity contribution in [2.45, 2.75) is 6.92 Å². The number of rotatable bonds is 2. The molecule has 0 aliphatic carbocycles. The van der Waals surface area contributed by atoms with E-state index in [1.807, 2.05) is 6.07 Å². The molecule has 0 amide bonds. The van der Waals surface area contributed by atoms with Crippen LogP contribution in [-0.2, 0) is 4.79 Å². The van der Waals surface area contributed by atoms with Gasteiger partial charge in [0, 0.05) is 0 Å². The molecule has 1 rings (SSSR count). The highest BCUT2D eigenvalue weighted by atomic mass is 16.3. The monoisotopic (exact) mass is 162 g/mol. The van der Waals surface area contributed by atoms with Crippen molar-refractivity contribution in [1.29, 1.82) is 0 Å². The first kappa shape index (κ1) is 8.53. The Hall–Kier alpha value is -1.57. The molecule has 2 nitrogen and oxygen atoms in total. The Morgan fingerprint density at radius 2 is 2.25 bits per heavy atom. The second-order valence-corrected chi connectivity index (χ2v) is 2.60. The van der Waals surface area contributed by atoms with E-state index in [0.29, 0.717) is 5.57 Å². The summed E-state index contributed by atoms with van der Waals surface area (Å²) in [5.41, 5.74) is 1.47. The first-order chi connectivity index (χ1) is 5.72.